The smallest absolute Gasteiger partial charge is 0.250 e. The highest BCUT2D eigenvalue weighted by Gasteiger charge is 2.40. The molecule has 1 N–H and O–H groups in total. The summed E-state index contributed by atoms with van der Waals surface area (Å²) in [6.45, 7) is 26.6. The second-order valence-electron chi connectivity index (χ2n) is 13.9. The van der Waals surface area contributed by atoms with Crippen LogP contribution in [-0.4, -0.2) is 26.6 Å². The molecule has 0 bridgehead atoms. The van der Waals surface area contributed by atoms with Crippen LogP contribution in [0.15, 0.2) is 40.4 Å². The van der Waals surface area contributed by atoms with Gasteiger partial charge in [-0.25, -0.2) is 0 Å². The Hall–Kier alpha value is -1.98. The summed E-state index contributed by atoms with van der Waals surface area (Å²) < 4.78 is 19.0. The van der Waals surface area contributed by atoms with Crippen LogP contribution < -0.4 is 9.16 Å². The summed E-state index contributed by atoms with van der Waals surface area (Å²) in [6.07, 6.45) is 10.2. The van der Waals surface area contributed by atoms with Gasteiger partial charge in [-0.15, -0.1) is 0 Å². The Labute approximate surface area is 246 Å². The van der Waals surface area contributed by atoms with E-state index in [9.17, 15) is 5.11 Å². The van der Waals surface area contributed by atoms with Gasteiger partial charge in [-0.3, -0.25) is 0 Å². The average Bonchev–Trinajstić information content (AvgIpc) is 3.26. The highest BCUT2D eigenvalue weighted by atomic mass is 28.4. The van der Waals surface area contributed by atoms with Crippen LogP contribution in [0.2, 0.25) is 18.1 Å². The third-order valence-electron chi connectivity index (χ3n) is 8.85. The SMILES string of the molecule is C/C=C/[C@@H](C)[C@H](O)CC[C@H](C)/C=C(\C)C[C@@H](C)C[C@H](C)c1cc2cc(O[Si](C)(C)C(C)(C)C)c(OC)c(C)c2o1. The van der Waals surface area contributed by atoms with Crippen LogP contribution in [0.3, 0.4) is 0 Å². The van der Waals surface area contributed by atoms with Gasteiger partial charge in [-0.05, 0) is 94.5 Å². The zero-order chi connectivity index (χ0) is 30.4. The molecule has 4 nitrogen and oxygen atoms in total. The minimum absolute atomic E-state index is 0.101. The molecule has 0 unspecified atom stereocenters. The van der Waals surface area contributed by atoms with Gasteiger partial charge in [0.2, 0.25) is 0 Å². The first-order valence-corrected chi connectivity index (χ1v) is 18.2. The summed E-state index contributed by atoms with van der Waals surface area (Å²) in [5.41, 5.74) is 3.32. The molecule has 0 radical (unpaired) electrons. The van der Waals surface area contributed by atoms with Crippen LogP contribution in [0.4, 0.5) is 0 Å². The van der Waals surface area contributed by atoms with E-state index in [1.54, 1.807) is 7.11 Å². The van der Waals surface area contributed by atoms with Crippen LogP contribution in [0.1, 0.15) is 105 Å². The lowest BCUT2D eigenvalue weighted by molar-refractivity contribution is 0.122. The zero-order valence-electron chi connectivity index (χ0n) is 27.8. The molecule has 0 aliphatic carbocycles. The number of aryl methyl sites for hydroxylation is 1. The number of aliphatic hydroxyl groups is 1. The first-order valence-electron chi connectivity index (χ1n) is 15.3. The van der Waals surface area contributed by atoms with Crippen molar-refractivity contribution in [1.82, 2.24) is 0 Å². The maximum absolute atomic E-state index is 10.4. The Kier molecular flexibility index (Phi) is 12.2. The Balaban J connectivity index is 2.10. The average molecular weight is 571 g/mol. The van der Waals surface area contributed by atoms with Crippen LogP contribution in [0, 0.1) is 24.7 Å². The van der Waals surface area contributed by atoms with E-state index in [4.69, 9.17) is 13.6 Å². The summed E-state index contributed by atoms with van der Waals surface area (Å²) in [4.78, 5) is 0. The number of fused-ring (bicyclic) bond motifs is 1. The van der Waals surface area contributed by atoms with E-state index in [0.29, 0.717) is 17.8 Å². The molecule has 226 valence electrons. The quantitative estimate of drug-likeness (QED) is 0.181. The van der Waals surface area contributed by atoms with Crippen molar-refractivity contribution in [2.24, 2.45) is 17.8 Å². The lowest BCUT2D eigenvalue weighted by Gasteiger charge is -2.37. The zero-order valence-corrected chi connectivity index (χ0v) is 28.8. The fourth-order valence-electron chi connectivity index (χ4n) is 5.44. The lowest BCUT2D eigenvalue weighted by atomic mass is 9.89. The van der Waals surface area contributed by atoms with Gasteiger partial charge in [0.15, 0.2) is 5.75 Å². The summed E-state index contributed by atoms with van der Waals surface area (Å²) in [5, 5.41) is 11.6. The Morgan fingerprint density at radius 2 is 1.75 bits per heavy atom. The largest absolute Gasteiger partial charge is 0.541 e. The van der Waals surface area contributed by atoms with Crippen molar-refractivity contribution in [3.05, 3.63) is 47.3 Å². The van der Waals surface area contributed by atoms with Crippen LogP contribution >= 0.6 is 0 Å². The predicted molar refractivity (Wildman–Crippen MR) is 174 cm³/mol. The molecule has 1 aromatic carbocycles. The molecule has 1 aromatic heterocycles. The maximum atomic E-state index is 10.4. The number of aliphatic hydroxyl groups excluding tert-OH is 1. The van der Waals surface area contributed by atoms with Crippen LogP contribution in [0.25, 0.3) is 11.0 Å². The summed E-state index contributed by atoms with van der Waals surface area (Å²) in [7, 11) is -0.307. The van der Waals surface area contributed by atoms with Gasteiger partial charge < -0.3 is 18.7 Å². The molecule has 1 heterocycles. The second-order valence-corrected chi connectivity index (χ2v) is 18.7. The maximum Gasteiger partial charge on any atom is 0.250 e. The van der Waals surface area contributed by atoms with Crippen molar-refractivity contribution >= 4 is 19.3 Å². The van der Waals surface area contributed by atoms with E-state index in [1.165, 1.54) is 5.57 Å². The number of ether oxygens (including phenoxy) is 1. The molecular weight excluding hydrogens is 512 g/mol. The Morgan fingerprint density at radius 1 is 1.10 bits per heavy atom. The van der Waals surface area contributed by atoms with Crippen LogP contribution in [0.5, 0.6) is 11.5 Å². The van der Waals surface area contributed by atoms with E-state index >= 15 is 0 Å². The molecule has 2 rings (SSSR count). The molecule has 0 saturated heterocycles. The predicted octanol–water partition coefficient (Wildman–Crippen LogP) is 10.6. The van der Waals surface area contributed by atoms with Gasteiger partial charge in [-0.1, -0.05) is 72.3 Å². The molecule has 2 aromatic rings. The molecule has 0 aliphatic heterocycles. The van der Waals surface area contributed by atoms with Gasteiger partial charge >= 0.3 is 0 Å². The van der Waals surface area contributed by atoms with Crippen LogP contribution in [-0.2, 0) is 0 Å². The van der Waals surface area contributed by atoms with Crippen molar-refractivity contribution in [2.45, 2.75) is 125 Å². The third-order valence-corrected chi connectivity index (χ3v) is 13.2. The molecule has 5 heteroatoms. The van der Waals surface area contributed by atoms with Gasteiger partial charge in [0.25, 0.3) is 8.32 Å². The minimum Gasteiger partial charge on any atom is -0.541 e. The van der Waals surface area contributed by atoms with E-state index in [2.05, 4.69) is 99.7 Å². The highest BCUT2D eigenvalue weighted by molar-refractivity contribution is 6.74. The Morgan fingerprint density at radius 3 is 2.33 bits per heavy atom. The van der Waals surface area contributed by atoms with Crippen molar-refractivity contribution in [1.29, 1.82) is 0 Å². The fourth-order valence-corrected chi connectivity index (χ4v) is 6.45. The molecule has 0 spiro atoms. The number of furan rings is 1. The number of rotatable bonds is 14. The molecule has 40 heavy (non-hydrogen) atoms. The minimum atomic E-state index is -2.02. The molecule has 0 saturated carbocycles. The van der Waals surface area contributed by atoms with E-state index in [-0.39, 0.29) is 17.1 Å². The van der Waals surface area contributed by atoms with Gasteiger partial charge in [0.05, 0.1) is 13.2 Å². The summed E-state index contributed by atoms with van der Waals surface area (Å²) >= 11 is 0. The van der Waals surface area contributed by atoms with Crippen molar-refractivity contribution in [3.8, 4) is 11.5 Å². The van der Waals surface area contributed by atoms with Crippen molar-refractivity contribution in [3.63, 3.8) is 0 Å². The molecule has 5 atom stereocenters. The lowest BCUT2D eigenvalue weighted by Crippen LogP contribution is -2.43. The Bertz CT molecular complexity index is 1150. The topological polar surface area (TPSA) is 51.8 Å². The third kappa shape index (κ3) is 9.01. The number of methoxy groups -OCH3 is 1. The van der Waals surface area contributed by atoms with Crippen molar-refractivity contribution < 1.29 is 18.7 Å². The van der Waals surface area contributed by atoms with E-state index in [0.717, 1.165) is 59.5 Å². The fraction of sp³-hybridized carbons (Fsp3) is 0.657. The van der Waals surface area contributed by atoms with Gasteiger partial charge in [0, 0.05) is 16.9 Å². The first-order chi connectivity index (χ1) is 18.5. The molecule has 0 amide bonds. The molecule has 0 aliphatic rings. The number of benzene rings is 1. The normalized spacial score (nSPS) is 17.2. The first kappa shape index (κ1) is 34.2. The number of hydrogen-bond acceptors (Lipinski definition) is 4. The summed E-state index contributed by atoms with van der Waals surface area (Å²) in [5.74, 6) is 4.15. The number of hydrogen-bond donors (Lipinski definition) is 1. The molecular formula is C35H58O4Si. The van der Waals surface area contributed by atoms with Gasteiger partial charge in [-0.2, -0.15) is 0 Å². The standard InChI is InChI=1S/C35H58O4Si/c1-14-15-26(5)30(36)17-16-23(2)18-24(3)19-25(4)20-27(6)31-21-29-22-32(39-40(12,13)35(8,9)10)34(37-11)28(7)33(29)38-31/h14-15,18,21-23,25-27,30,36H,16-17,19-20H2,1-13H3/b15-14+,24-18+/t23-,25+,26+,27-,30+/m0/s1. The van der Waals surface area contributed by atoms with E-state index < -0.39 is 8.32 Å². The van der Waals surface area contributed by atoms with Gasteiger partial charge in [0.1, 0.15) is 17.1 Å². The molecule has 0 fully saturated rings. The second kappa shape index (κ2) is 14.3. The number of allylic oxidation sites excluding steroid dienone is 3. The highest BCUT2D eigenvalue weighted by Crippen LogP contribution is 2.44. The monoisotopic (exact) mass is 570 g/mol. The summed E-state index contributed by atoms with van der Waals surface area (Å²) in [6, 6.07) is 4.30. The van der Waals surface area contributed by atoms with E-state index in [1.807, 2.05) is 13.0 Å². The van der Waals surface area contributed by atoms with Crippen molar-refractivity contribution in [2.75, 3.05) is 7.11 Å².